The van der Waals surface area contributed by atoms with Gasteiger partial charge in [-0.3, -0.25) is 4.79 Å². The van der Waals surface area contributed by atoms with E-state index in [0.29, 0.717) is 22.9 Å². The number of benzene rings is 3. The Morgan fingerprint density at radius 3 is 2.45 bits per heavy atom. The van der Waals surface area contributed by atoms with E-state index < -0.39 is 0 Å². The summed E-state index contributed by atoms with van der Waals surface area (Å²) in [7, 11) is 2.15. The standard InChI is InChI=1S/C25H26ClN3O2/c1-28-13-15-29(16-14-28)22-11-9-21(10-12-22)27-25(30)19-6-4-7-23(17-19)31-18-20-5-2-3-8-24(20)26/h2-12,17H,13-16,18H2,1H3,(H,27,30). The molecule has 1 aliphatic heterocycles. The van der Waals surface area contributed by atoms with E-state index in [1.165, 1.54) is 5.69 Å². The molecule has 0 saturated carbocycles. The summed E-state index contributed by atoms with van der Waals surface area (Å²) in [4.78, 5) is 17.4. The van der Waals surface area contributed by atoms with Crippen molar-refractivity contribution in [3.8, 4) is 5.75 Å². The first-order valence-electron chi connectivity index (χ1n) is 10.4. The molecule has 0 bridgehead atoms. The van der Waals surface area contributed by atoms with Crippen LogP contribution in [0.25, 0.3) is 0 Å². The Balaban J connectivity index is 1.36. The van der Waals surface area contributed by atoms with Crippen LogP contribution in [0.3, 0.4) is 0 Å². The van der Waals surface area contributed by atoms with Crippen molar-refractivity contribution < 1.29 is 9.53 Å². The maximum atomic E-state index is 12.7. The van der Waals surface area contributed by atoms with E-state index in [2.05, 4.69) is 34.3 Å². The van der Waals surface area contributed by atoms with Gasteiger partial charge in [0.05, 0.1) is 0 Å². The van der Waals surface area contributed by atoms with Crippen LogP contribution in [-0.2, 0) is 6.61 Å². The maximum Gasteiger partial charge on any atom is 0.255 e. The molecule has 1 aliphatic rings. The Hall–Kier alpha value is -3.02. The van der Waals surface area contributed by atoms with Crippen molar-refractivity contribution in [2.75, 3.05) is 43.4 Å². The minimum Gasteiger partial charge on any atom is -0.489 e. The summed E-state index contributed by atoms with van der Waals surface area (Å²) < 4.78 is 5.83. The lowest BCUT2D eigenvalue weighted by Gasteiger charge is -2.34. The van der Waals surface area contributed by atoms with Gasteiger partial charge in [-0.2, -0.15) is 0 Å². The summed E-state index contributed by atoms with van der Waals surface area (Å²) >= 11 is 6.18. The lowest BCUT2D eigenvalue weighted by Crippen LogP contribution is -2.44. The fourth-order valence-corrected chi connectivity index (χ4v) is 3.72. The number of rotatable bonds is 6. The average Bonchev–Trinajstić information content (AvgIpc) is 2.80. The van der Waals surface area contributed by atoms with Gasteiger partial charge in [0.15, 0.2) is 0 Å². The van der Waals surface area contributed by atoms with Crippen LogP contribution in [0.5, 0.6) is 5.75 Å². The Morgan fingerprint density at radius 1 is 0.968 bits per heavy atom. The van der Waals surface area contributed by atoms with Gasteiger partial charge in [0, 0.05) is 53.7 Å². The van der Waals surface area contributed by atoms with E-state index in [1.54, 1.807) is 12.1 Å². The first-order chi connectivity index (χ1) is 15.1. The van der Waals surface area contributed by atoms with Gasteiger partial charge in [0.2, 0.25) is 0 Å². The van der Waals surface area contributed by atoms with Crippen LogP contribution in [0.15, 0.2) is 72.8 Å². The molecule has 0 atom stereocenters. The number of amides is 1. The highest BCUT2D eigenvalue weighted by molar-refractivity contribution is 6.31. The third-order valence-corrected chi connectivity index (χ3v) is 5.81. The molecule has 3 aromatic rings. The highest BCUT2D eigenvalue weighted by Crippen LogP contribution is 2.22. The van der Waals surface area contributed by atoms with Crippen LogP contribution in [0, 0.1) is 0 Å². The molecule has 31 heavy (non-hydrogen) atoms. The molecule has 0 unspecified atom stereocenters. The van der Waals surface area contributed by atoms with Gasteiger partial charge in [-0.25, -0.2) is 0 Å². The topological polar surface area (TPSA) is 44.8 Å². The van der Waals surface area contributed by atoms with Crippen LogP contribution >= 0.6 is 11.6 Å². The molecule has 3 aromatic carbocycles. The van der Waals surface area contributed by atoms with E-state index in [-0.39, 0.29) is 5.91 Å². The summed E-state index contributed by atoms with van der Waals surface area (Å²) in [6.07, 6.45) is 0. The van der Waals surface area contributed by atoms with Gasteiger partial charge in [0.25, 0.3) is 5.91 Å². The third kappa shape index (κ3) is 5.57. The van der Waals surface area contributed by atoms with Crippen LogP contribution in [0.1, 0.15) is 15.9 Å². The predicted molar refractivity (Wildman–Crippen MR) is 126 cm³/mol. The largest absolute Gasteiger partial charge is 0.489 e. The minimum absolute atomic E-state index is 0.171. The average molecular weight is 436 g/mol. The van der Waals surface area contributed by atoms with Crippen LogP contribution in [0.4, 0.5) is 11.4 Å². The molecule has 1 N–H and O–H groups in total. The predicted octanol–water partition coefficient (Wildman–Crippen LogP) is 4.92. The van der Waals surface area contributed by atoms with Crippen molar-refractivity contribution in [1.29, 1.82) is 0 Å². The smallest absolute Gasteiger partial charge is 0.255 e. The van der Waals surface area contributed by atoms with Crippen LogP contribution < -0.4 is 15.0 Å². The molecular weight excluding hydrogens is 410 g/mol. The summed E-state index contributed by atoms with van der Waals surface area (Å²) in [5.74, 6) is 0.452. The molecule has 160 valence electrons. The number of ether oxygens (including phenoxy) is 1. The molecule has 5 nitrogen and oxygen atoms in total. The molecule has 0 spiro atoms. The van der Waals surface area contributed by atoms with Gasteiger partial charge >= 0.3 is 0 Å². The van der Waals surface area contributed by atoms with Gasteiger partial charge < -0.3 is 19.9 Å². The Kier molecular flexibility index (Phi) is 6.75. The lowest BCUT2D eigenvalue weighted by molar-refractivity contribution is 0.102. The summed E-state index contributed by atoms with van der Waals surface area (Å²) in [6.45, 7) is 4.51. The Labute approximate surface area is 188 Å². The Morgan fingerprint density at radius 2 is 1.71 bits per heavy atom. The van der Waals surface area contributed by atoms with Crippen molar-refractivity contribution in [1.82, 2.24) is 4.90 Å². The minimum atomic E-state index is -0.171. The second-order valence-electron chi connectivity index (χ2n) is 7.70. The normalized spacial score (nSPS) is 14.3. The zero-order chi connectivity index (χ0) is 21.6. The van der Waals surface area contributed by atoms with Crippen molar-refractivity contribution in [3.05, 3.63) is 88.9 Å². The first-order valence-corrected chi connectivity index (χ1v) is 10.8. The number of piperazine rings is 1. The second kappa shape index (κ2) is 9.86. The molecular formula is C25H26ClN3O2. The second-order valence-corrected chi connectivity index (χ2v) is 8.11. The van der Waals surface area contributed by atoms with Gasteiger partial charge in [-0.15, -0.1) is 0 Å². The van der Waals surface area contributed by atoms with E-state index in [0.717, 1.165) is 37.4 Å². The monoisotopic (exact) mass is 435 g/mol. The number of hydrogen-bond donors (Lipinski definition) is 1. The molecule has 0 radical (unpaired) electrons. The highest BCUT2D eigenvalue weighted by atomic mass is 35.5. The molecule has 1 fully saturated rings. The van der Waals surface area contributed by atoms with E-state index in [1.807, 2.05) is 48.5 Å². The number of nitrogens with zero attached hydrogens (tertiary/aromatic N) is 2. The van der Waals surface area contributed by atoms with Crippen LogP contribution in [-0.4, -0.2) is 44.0 Å². The summed E-state index contributed by atoms with van der Waals surface area (Å²) in [5, 5.41) is 3.63. The highest BCUT2D eigenvalue weighted by Gasteiger charge is 2.14. The van der Waals surface area contributed by atoms with Crippen molar-refractivity contribution in [2.24, 2.45) is 0 Å². The molecule has 1 saturated heterocycles. The zero-order valence-corrected chi connectivity index (χ0v) is 18.3. The maximum absolute atomic E-state index is 12.7. The number of anilines is 2. The number of halogens is 1. The van der Waals surface area contributed by atoms with Crippen molar-refractivity contribution in [2.45, 2.75) is 6.61 Å². The van der Waals surface area contributed by atoms with Crippen molar-refractivity contribution in [3.63, 3.8) is 0 Å². The van der Waals surface area contributed by atoms with E-state index in [9.17, 15) is 4.79 Å². The third-order valence-electron chi connectivity index (χ3n) is 5.44. The quantitative estimate of drug-likeness (QED) is 0.596. The molecule has 1 heterocycles. The number of likely N-dealkylation sites (N-methyl/N-ethyl adjacent to an activating group) is 1. The molecule has 6 heteroatoms. The first kappa shape index (κ1) is 21.2. The van der Waals surface area contributed by atoms with E-state index >= 15 is 0 Å². The van der Waals surface area contributed by atoms with Crippen molar-refractivity contribution >= 4 is 28.9 Å². The molecule has 1 amide bonds. The molecule has 4 rings (SSSR count). The van der Waals surface area contributed by atoms with E-state index in [4.69, 9.17) is 16.3 Å². The number of carbonyl (C=O) groups is 1. The SMILES string of the molecule is CN1CCN(c2ccc(NC(=O)c3cccc(OCc4ccccc4Cl)c3)cc2)CC1. The Bertz CT molecular complexity index is 1030. The fraction of sp³-hybridized carbons (Fsp3) is 0.240. The fourth-order valence-electron chi connectivity index (χ4n) is 3.53. The molecule has 0 aliphatic carbocycles. The van der Waals surface area contributed by atoms with Crippen LogP contribution in [0.2, 0.25) is 5.02 Å². The van der Waals surface area contributed by atoms with Gasteiger partial charge in [0.1, 0.15) is 12.4 Å². The molecule has 0 aromatic heterocycles. The lowest BCUT2D eigenvalue weighted by atomic mass is 10.2. The van der Waals surface area contributed by atoms with Gasteiger partial charge in [-0.1, -0.05) is 35.9 Å². The number of hydrogen-bond acceptors (Lipinski definition) is 4. The number of nitrogens with one attached hydrogen (secondary N) is 1. The number of carbonyl (C=O) groups excluding carboxylic acids is 1. The summed E-state index contributed by atoms with van der Waals surface area (Å²) in [6, 6.07) is 22.7. The zero-order valence-electron chi connectivity index (χ0n) is 17.6. The summed E-state index contributed by atoms with van der Waals surface area (Å²) in [5.41, 5.74) is 3.39. The van der Waals surface area contributed by atoms with Gasteiger partial charge in [-0.05, 0) is 55.6 Å².